The van der Waals surface area contributed by atoms with Crippen LogP contribution in [0, 0.1) is 24.1 Å². The lowest BCUT2D eigenvalue weighted by atomic mass is 9.93. The van der Waals surface area contributed by atoms with Crippen molar-refractivity contribution in [1.29, 1.82) is 5.26 Å². The molecule has 6 nitrogen and oxygen atoms in total. The SMILES string of the molecule is Cc1c(OCc2ccc(C(N)=O)cc2)c(F)cc2c1OC(c1cccc(C#N)c1)CC2=O. The van der Waals surface area contributed by atoms with Crippen LogP contribution in [0.2, 0.25) is 0 Å². The molecule has 0 aromatic heterocycles. The molecule has 0 spiro atoms. The third kappa shape index (κ3) is 4.03. The number of hydrogen-bond acceptors (Lipinski definition) is 5. The fraction of sp³-hybridized carbons (Fsp3) is 0.160. The van der Waals surface area contributed by atoms with Gasteiger partial charge in [0.25, 0.3) is 0 Å². The zero-order valence-electron chi connectivity index (χ0n) is 17.2. The minimum Gasteiger partial charge on any atom is -0.485 e. The highest BCUT2D eigenvalue weighted by atomic mass is 19.1. The molecule has 4 rings (SSSR count). The smallest absolute Gasteiger partial charge is 0.248 e. The molecule has 2 N–H and O–H groups in total. The number of amides is 1. The van der Waals surface area contributed by atoms with Crippen LogP contribution in [-0.2, 0) is 6.61 Å². The molecule has 1 unspecified atom stereocenters. The molecule has 1 heterocycles. The topological polar surface area (TPSA) is 102 Å². The Hall–Kier alpha value is -4.18. The number of ketones is 1. The average Bonchev–Trinajstić information content (AvgIpc) is 2.80. The normalized spacial score (nSPS) is 14.8. The van der Waals surface area contributed by atoms with Crippen LogP contribution in [0.15, 0.2) is 54.6 Å². The summed E-state index contributed by atoms with van der Waals surface area (Å²) in [6.45, 7) is 1.69. The van der Waals surface area contributed by atoms with Crippen LogP contribution in [0.5, 0.6) is 11.5 Å². The third-order valence-corrected chi connectivity index (χ3v) is 5.35. The molecule has 0 saturated carbocycles. The van der Waals surface area contributed by atoms with E-state index in [-0.39, 0.29) is 35.9 Å². The summed E-state index contributed by atoms with van der Waals surface area (Å²) < 4.78 is 26.6. The van der Waals surface area contributed by atoms with Gasteiger partial charge >= 0.3 is 0 Å². The van der Waals surface area contributed by atoms with E-state index in [1.54, 1.807) is 55.5 Å². The zero-order valence-corrected chi connectivity index (χ0v) is 17.2. The second-order valence-corrected chi connectivity index (χ2v) is 7.51. The standard InChI is InChI=1S/C25H19FN2O4/c1-14-23-19(21(29)11-22(32-23)18-4-2-3-16(9-18)12-27)10-20(26)24(14)31-13-15-5-7-17(8-6-15)25(28)30/h2-10,22H,11,13H2,1H3,(H2,28,30). The Morgan fingerprint density at radius 1 is 1.25 bits per heavy atom. The largest absolute Gasteiger partial charge is 0.485 e. The average molecular weight is 430 g/mol. The van der Waals surface area contributed by atoms with Gasteiger partial charge in [0.15, 0.2) is 17.3 Å². The molecule has 0 radical (unpaired) electrons. The summed E-state index contributed by atoms with van der Waals surface area (Å²) in [6, 6.07) is 16.5. The van der Waals surface area contributed by atoms with E-state index < -0.39 is 17.8 Å². The Morgan fingerprint density at radius 2 is 2.00 bits per heavy atom. The summed E-state index contributed by atoms with van der Waals surface area (Å²) in [4.78, 5) is 23.9. The Labute approximate surface area is 184 Å². The van der Waals surface area contributed by atoms with Gasteiger partial charge in [0.2, 0.25) is 5.91 Å². The van der Waals surface area contributed by atoms with Crippen molar-refractivity contribution in [3.63, 3.8) is 0 Å². The summed E-state index contributed by atoms with van der Waals surface area (Å²) >= 11 is 0. The number of nitrogens with two attached hydrogens (primary N) is 1. The second-order valence-electron chi connectivity index (χ2n) is 7.51. The number of primary amides is 1. The Bertz CT molecular complexity index is 1260. The first kappa shape index (κ1) is 21.1. The van der Waals surface area contributed by atoms with Gasteiger partial charge in [0, 0.05) is 11.1 Å². The van der Waals surface area contributed by atoms with Crippen molar-refractivity contribution in [2.24, 2.45) is 5.73 Å². The number of carbonyl (C=O) groups is 2. The first-order valence-electron chi connectivity index (χ1n) is 9.92. The number of rotatable bonds is 5. The highest BCUT2D eigenvalue weighted by molar-refractivity contribution is 6.00. The van der Waals surface area contributed by atoms with Crippen LogP contribution < -0.4 is 15.2 Å². The Balaban J connectivity index is 1.61. The molecule has 0 bridgehead atoms. The minimum atomic E-state index is -0.656. The quantitative estimate of drug-likeness (QED) is 0.647. The summed E-state index contributed by atoms with van der Waals surface area (Å²) in [7, 11) is 0. The van der Waals surface area contributed by atoms with Crippen molar-refractivity contribution in [2.75, 3.05) is 0 Å². The number of benzene rings is 3. The second kappa shape index (κ2) is 8.52. The Morgan fingerprint density at radius 3 is 2.69 bits per heavy atom. The van der Waals surface area contributed by atoms with Gasteiger partial charge in [-0.2, -0.15) is 5.26 Å². The fourth-order valence-electron chi connectivity index (χ4n) is 3.66. The molecule has 1 amide bonds. The van der Waals surface area contributed by atoms with Crippen molar-refractivity contribution in [2.45, 2.75) is 26.1 Å². The van der Waals surface area contributed by atoms with Gasteiger partial charge in [0.1, 0.15) is 18.5 Å². The number of nitrogens with zero attached hydrogens (tertiary/aromatic N) is 1. The lowest BCUT2D eigenvalue weighted by molar-refractivity contribution is 0.0845. The van der Waals surface area contributed by atoms with E-state index in [9.17, 15) is 14.0 Å². The number of ether oxygens (including phenoxy) is 2. The molecule has 1 aliphatic rings. The maximum Gasteiger partial charge on any atom is 0.248 e. The summed E-state index contributed by atoms with van der Waals surface area (Å²) in [5.74, 6) is -1.17. The molecule has 3 aromatic carbocycles. The van der Waals surface area contributed by atoms with E-state index in [1.807, 2.05) is 0 Å². The number of Topliss-reactive ketones (excluding diaryl/α,β-unsaturated/α-hetero) is 1. The van der Waals surface area contributed by atoms with E-state index in [2.05, 4.69) is 6.07 Å². The minimum absolute atomic E-state index is 0.0121. The van der Waals surface area contributed by atoms with E-state index in [0.717, 1.165) is 11.6 Å². The van der Waals surface area contributed by atoms with Crippen LogP contribution in [-0.4, -0.2) is 11.7 Å². The number of carbonyl (C=O) groups excluding carboxylic acids is 2. The molecule has 32 heavy (non-hydrogen) atoms. The predicted molar refractivity (Wildman–Crippen MR) is 114 cm³/mol. The van der Waals surface area contributed by atoms with Crippen molar-refractivity contribution in [1.82, 2.24) is 0 Å². The number of hydrogen-bond donors (Lipinski definition) is 1. The monoisotopic (exact) mass is 430 g/mol. The van der Waals surface area contributed by atoms with E-state index in [0.29, 0.717) is 22.3 Å². The van der Waals surface area contributed by atoms with E-state index >= 15 is 0 Å². The molecule has 7 heteroatoms. The van der Waals surface area contributed by atoms with Crippen molar-refractivity contribution < 1.29 is 23.5 Å². The highest BCUT2D eigenvalue weighted by Gasteiger charge is 2.32. The molecule has 1 aliphatic heterocycles. The van der Waals surface area contributed by atoms with Crippen LogP contribution in [0.4, 0.5) is 4.39 Å². The summed E-state index contributed by atoms with van der Waals surface area (Å²) in [5, 5.41) is 9.14. The maximum absolute atomic E-state index is 14.8. The molecule has 0 saturated heterocycles. The first-order valence-corrected chi connectivity index (χ1v) is 9.92. The maximum atomic E-state index is 14.8. The summed E-state index contributed by atoms with van der Waals surface area (Å²) in [6.07, 6.45) is -0.533. The predicted octanol–water partition coefficient (Wildman–Crippen LogP) is 4.39. The van der Waals surface area contributed by atoms with Gasteiger partial charge in [-0.15, -0.1) is 0 Å². The van der Waals surface area contributed by atoms with E-state index in [1.165, 1.54) is 0 Å². The van der Waals surface area contributed by atoms with Crippen LogP contribution in [0.25, 0.3) is 0 Å². The summed E-state index contributed by atoms with van der Waals surface area (Å²) in [5.41, 5.74) is 8.03. The van der Waals surface area contributed by atoms with Crippen LogP contribution in [0.1, 0.15) is 55.5 Å². The number of fused-ring (bicyclic) bond motifs is 1. The van der Waals surface area contributed by atoms with Gasteiger partial charge in [-0.1, -0.05) is 24.3 Å². The van der Waals surface area contributed by atoms with Crippen LogP contribution in [0.3, 0.4) is 0 Å². The highest BCUT2D eigenvalue weighted by Crippen LogP contribution is 2.42. The van der Waals surface area contributed by atoms with E-state index in [4.69, 9.17) is 20.5 Å². The third-order valence-electron chi connectivity index (χ3n) is 5.35. The zero-order chi connectivity index (χ0) is 22.8. The molecule has 160 valence electrons. The van der Waals surface area contributed by atoms with Crippen molar-refractivity contribution >= 4 is 11.7 Å². The van der Waals surface area contributed by atoms with Gasteiger partial charge in [-0.25, -0.2) is 4.39 Å². The van der Waals surface area contributed by atoms with Crippen molar-refractivity contribution in [3.05, 3.63) is 93.8 Å². The van der Waals surface area contributed by atoms with Crippen LogP contribution >= 0.6 is 0 Å². The van der Waals surface area contributed by atoms with Gasteiger partial charge in [-0.05, 0) is 48.4 Å². The molecular formula is C25H19FN2O4. The van der Waals surface area contributed by atoms with Crippen molar-refractivity contribution in [3.8, 4) is 17.6 Å². The lowest BCUT2D eigenvalue weighted by Gasteiger charge is -2.28. The van der Waals surface area contributed by atoms with Gasteiger partial charge < -0.3 is 15.2 Å². The number of nitriles is 1. The van der Waals surface area contributed by atoms with Gasteiger partial charge in [0.05, 0.1) is 23.6 Å². The molecule has 0 aliphatic carbocycles. The molecule has 3 aromatic rings. The fourth-order valence-corrected chi connectivity index (χ4v) is 3.66. The Kier molecular flexibility index (Phi) is 5.61. The van der Waals surface area contributed by atoms with Gasteiger partial charge in [-0.3, -0.25) is 9.59 Å². The molecule has 0 fully saturated rings. The lowest BCUT2D eigenvalue weighted by Crippen LogP contribution is -2.22. The first-order chi connectivity index (χ1) is 15.4. The molecular weight excluding hydrogens is 411 g/mol. The number of halogens is 1. The molecule has 1 atom stereocenters.